The van der Waals surface area contributed by atoms with Crippen molar-refractivity contribution in [3.8, 4) is 5.75 Å². The summed E-state index contributed by atoms with van der Waals surface area (Å²) in [6, 6.07) is -7.31. The molecule has 1 fully saturated rings. The van der Waals surface area contributed by atoms with Crippen molar-refractivity contribution in [2.75, 3.05) is 32.0 Å². The number of carboxylic acid groups (broad SMARTS) is 2. The summed E-state index contributed by atoms with van der Waals surface area (Å²) in [5, 5.41) is 74.7. The lowest BCUT2D eigenvalue weighted by Crippen LogP contribution is -2.62. The molecule has 3 heterocycles. The summed E-state index contributed by atoms with van der Waals surface area (Å²) in [4.78, 5) is 240. The van der Waals surface area contributed by atoms with E-state index in [2.05, 4.69) is 102 Å². The van der Waals surface area contributed by atoms with E-state index >= 15 is 9.59 Å². The number of nitrogens with two attached hydrogens (primary N) is 3. The predicted molar refractivity (Wildman–Crippen MR) is 460 cm³/mol. The normalized spacial score (nSPS) is 16.4. The molecule has 0 aliphatic carbocycles. The molecule has 2 aromatic carbocycles. The lowest BCUT2D eigenvalue weighted by atomic mass is 9.96. The van der Waals surface area contributed by atoms with E-state index in [4.69, 9.17) is 17.2 Å². The Morgan fingerprint density at radius 3 is 1.32 bits per heavy atom. The first kappa shape index (κ1) is 104. The molecule has 4 aromatic rings. The lowest BCUT2D eigenvalue weighted by Gasteiger charge is -2.31. The molecule has 25 N–H and O–H groups in total. The number of nitrogens with zero attached hydrogens (tertiary/aromatic N) is 3. The maximum Gasteiger partial charge on any atom is 0.326 e. The monoisotopic (exact) mass is 1770 g/mol. The standard InChI is InChI=1S/C83H127N21O20S/c1-10-46(7)67(80(120)91-48(9)69(109)101-66(45(5)6)83(123)124)103-77(117)59(35-50-25-27-53(106)28-26-50)98-78(118)63-24-19-33-104(63)82(122)62(40-105)99-74(114)58(34-49-20-13-12-14-21-49)96-76(116)61(37-52-39-88-43-90-52)97-71(111)55(22-15-17-31-84)94-81(121)68(47(8)11-2)102-72(112)56(23-16-18-32-85)93-79(119)65(44(3)4)100-73(113)57(29-30-64(107)108)92-75(115)60(36-51-38-87-42-89-51)95-70(110)54(86)41-125/h12-14,20-21,25-28,38-39,42-48,54-63,65-68,105-106,125H,10-11,15-19,22-24,29-37,40-41,84-86H2,1-9H3,(H,87,89)(H,88,90)(H,91,120)(H,92,115)(H,93,119)(H,94,121)(H,95,110)(H,96,116)(H,97,111)(H,98,118)(H,99,114)(H,100,113)(H,101,109)(H,102,112)(H,103,117)(H,107,108)(H,123,124)/t46-,47-,48-,54-,55-,56-,57-,58-,59-,60-,61-,62-,63-,65-,66-,67-,68-/m0/s1. The van der Waals surface area contributed by atoms with E-state index in [0.29, 0.717) is 41.8 Å². The number of hydrogen-bond acceptors (Lipinski definition) is 24. The van der Waals surface area contributed by atoms with Gasteiger partial charge in [-0.3, -0.25) is 71.9 Å². The van der Waals surface area contributed by atoms with E-state index in [1.165, 1.54) is 56.2 Å². The Kier molecular flexibility index (Phi) is 43.9. The van der Waals surface area contributed by atoms with Gasteiger partial charge < -0.3 is 122 Å². The van der Waals surface area contributed by atoms with Crippen LogP contribution in [0.25, 0.3) is 0 Å². The largest absolute Gasteiger partial charge is 0.508 e. The van der Waals surface area contributed by atoms with Crippen LogP contribution in [0.4, 0.5) is 0 Å². The summed E-state index contributed by atoms with van der Waals surface area (Å²) in [6.07, 6.45) is 5.39. The second-order valence-electron chi connectivity index (χ2n) is 32.0. The number of carbonyl (C=O) groups is 16. The predicted octanol–water partition coefficient (Wildman–Crippen LogP) is -2.72. The Hall–Kier alpha value is -11.6. The van der Waals surface area contributed by atoms with Gasteiger partial charge in [0.1, 0.15) is 90.3 Å². The molecule has 690 valence electrons. The molecule has 1 aliphatic heterocycles. The minimum Gasteiger partial charge on any atom is -0.508 e. The number of H-pyrrole nitrogens is 2. The number of amides is 14. The van der Waals surface area contributed by atoms with Gasteiger partial charge in [0, 0.05) is 68.2 Å². The average molecular weight is 1770 g/mol. The first-order valence-corrected chi connectivity index (χ1v) is 42.9. The van der Waals surface area contributed by atoms with E-state index in [1.54, 1.807) is 85.7 Å². The number of thiol groups is 1. The first-order valence-electron chi connectivity index (χ1n) is 42.2. The highest BCUT2D eigenvalue weighted by molar-refractivity contribution is 7.80. The van der Waals surface area contributed by atoms with E-state index in [1.807, 2.05) is 0 Å². The smallest absolute Gasteiger partial charge is 0.326 e. The summed E-state index contributed by atoms with van der Waals surface area (Å²) < 4.78 is 0. The molecule has 0 bridgehead atoms. The molecule has 0 saturated carbocycles. The van der Waals surface area contributed by atoms with Crippen LogP contribution in [0, 0.1) is 23.7 Å². The van der Waals surface area contributed by atoms with Crippen molar-refractivity contribution < 1.29 is 97.1 Å². The fraction of sp³-hybridized carbons (Fsp3) is 0.590. The fourth-order valence-electron chi connectivity index (χ4n) is 13.6. The van der Waals surface area contributed by atoms with E-state index in [9.17, 15) is 87.5 Å². The van der Waals surface area contributed by atoms with Gasteiger partial charge in [-0.1, -0.05) is 111 Å². The van der Waals surface area contributed by atoms with Crippen molar-refractivity contribution in [3.05, 3.63) is 102 Å². The molecule has 17 atom stereocenters. The zero-order chi connectivity index (χ0) is 92.7. The Labute approximate surface area is 731 Å². The Balaban J connectivity index is 1.38. The van der Waals surface area contributed by atoms with Crippen molar-refractivity contribution >= 4 is 107 Å². The third-order valence-corrected chi connectivity index (χ3v) is 22.0. The van der Waals surface area contributed by atoms with Gasteiger partial charge in [0.05, 0.1) is 25.3 Å². The number of aromatic nitrogens is 4. The topological polar surface area (TPSA) is 649 Å². The summed E-state index contributed by atoms with van der Waals surface area (Å²) in [5.41, 5.74) is 19.3. The van der Waals surface area contributed by atoms with Gasteiger partial charge in [-0.2, -0.15) is 12.6 Å². The maximum atomic E-state index is 15.1. The molecular weight excluding hydrogens is 1640 g/mol. The van der Waals surface area contributed by atoms with Crippen molar-refractivity contribution in [3.63, 3.8) is 0 Å². The zero-order valence-corrected chi connectivity index (χ0v) is 73.1. The van der Waals surface area contributed by atoms with Crippen LogP contribution >= 0.6 is 12.6 Å². The van der Waals surface area contributed by atoms with Crippen LogP contribution in [0.3, 0.4) is 0 Å². The average Bonchev–Trinajstić information content (AvgIpc) is 1.75. The van der Waals surface area contributed by atoms with Crippen LogP contribution in [-0.4, -0.2) is 263 Å². The van der Waals surface area contributed by atoms with Crippen molar-refractivity contribution in [1.82, 2.24) is 94.0 Å². The SMILES string of the molecule is CC[C@H](C)[C@H](NC(=O)[C@H](Cc1ccc(O)cc1)NC(=O)[C@@H]1CCCN1C(=O)[C@H](CO)NC(=O)[C@H](Cc1ccccc1)NC(=O)[C@H](Cc1cnc[nH]1)NC(=O)[C@H](CCCCN)NC(=O)[C@@H](NC(=O)[C@H](CCCCN)NC(=O)[C@@H](NC(=O)[C@H](CCC(=O)O)NC(=O)[C@H](Cc1cnc[nH]1)NC(=O)[C@@H](N)CS)C(C)C)[C@@H](C)CC)C(=O)N[C@@H](C)C(=O)N[C@H](C(=O)O)C(C)C. The van der Waals surface area contributed by atoms with Crippen LogP contribution in [0.2, 0.25) is 0 Å². The molecule has 41 nitrogen and oxygen atoms in total. The van der Waals surface area contributed by atoms with Crippen LogP contribution in [0.5, 0.6) is 5.75 Å². The summed E-state index contributed by atoms with van der Waals surface area (Å²) in [7, 11) is 0. The third kappa shape index (κ3) is 33.8. The number of carboxylic acids is 2. The highest BCUT2D eigenvalue weighted by Crippen LogP contribution is 2.22. The number of rotatable bonds is 55. The molecule has 0 radical (unpaired) electrons. The number of nitrogens with one attached hydrogen (secondary N) is 15. The summed E-state index contributed by atoms with van der Waals surface area (Å²) in [6.45, 7) is 13.7. The molecule has 1 saturated heterocycles. The van der Waals surface area contributed by atoms with Crippen LogP contribution in [0.1, 0.15) is 162 Å². The molecule has 0 unspecified atom stereocenters. The van der Waals surface area contributed by atoms with E-state index in [-0.39, 0.29) is 102 Å². The Morgan fingerprint density at radius 2 is 0.872 bits per heavy atom. The van der Waals surface area contributed by atoms with E-state index in [0.717, 1.165) is 4.90 Å². The summed E-state index contributed by atoms with van der Waals surface area (Å²) >= 11 is 4.07. The van der Waals surface area contributed by atoms with Gasteiger partial charge in [-0.15, -0.1) is 0 Å². The molecular formula is C83H127N21O20S. The molecule has 125 heavy (non-hydrogen) atoms. The number of imidazole rings is 2. The zero-order valence-electron chi connectivity index (χ0n) is 72.2. The van der Waals surface area contributed by atoms with Crippen molar-refractivity contribution in [2.24, 2.45) is 40.9 Å². The highest BCUT2D eigenvalue weighted by atomic mass is 32.1. The first-order chi connectivity index (χ1) is 59.4. The fourth-order valence-corrected chi connectivity index (χ4v) is 13.8. The number of hydrogen-bond donors (Lipinski definition) is 23. The van der Waals surface area contributed by atoms with Gasteiger partial charge in [-0.25, -0.2) is 14.8 Å². The molecule has 5 rings (SSSR count). The number of aliphatic hydroxyl groups excluding tert-OH is 1. The van der Waals surface area contributed by atoms with Crippen LogP contribution < -0.4 is 86.3 Å². The molecule has 42 heteroatoms. The van der Waals surface area contributed by atoms with Gasteiger partial charge >= 0.3 is 11.9 Å². The Bertz CT molecular complexity index is 4210. The van der Waals surface area contributed by atoms with Gasteiger partial charge in [-0.05, 0) is 125 Å². The second-order valence-corrected chi connectivity index (χ2v) is 32.4. The van der Waals surface area contributed by atoms with Crippen LogP contribution in [0.15, 0.2) is 79.6 Å². The number of carbonyl (C=O) groups excluding carboxylic acids is 14. The number of phenols is 1. The number of benzene rings is 2. The minimum atomic E-state index is -1.77. The number of aliphatic carboxylic acids is 2. The van der Waals surface area contributed by atoms with Crippen molar-refractivity contribution in [2.45, 2.75) is 256 Å². The van der Waals surface area contributed by atoms with Gasteiger partial charge in [0.25, 0.3) is 0 Å². The molecule has 1 aliphatic rings. The molecule has 2 aromatic heterocycles. The number of aromatic amines is 2. The van der Waals surface area contributed by atoms with Gasteiger partial charge in [0.2, 0.25) is 82.7 Å². The van der Waals surface area contributed by atoms with Crippen molar-refractivity contribution in [1.29, 1.82) is 0 Å². The number of aromatic hydroxyl groups is 1. The Morgan fingerprint density at radius 1 is 0.472 bits per heavy atom. The maximum absolute atomic E-state index is 15.1. The molecule has 14 amide bonds. The quantitative estimate of drug-likeness (QED) is 0.0158. The highest BCUT2D eigenvalue weighted by Gasteiger charge is 2.43. The van der Waals surface area contributed by atoms with Crippen LogP contribution in [-0.2, 0) is 102 Å². The third-order valence-electron chi connectivity index (χ3n) is 21.6. The number of aliphatic hydroxyl groups is 1. The van der Waals surface area contributed by atoms with E-state index < -0.39 is 228 Å². The second kappa shape index (κ2) is 52.9. The lowest BCUT2D eigenvalue weighted by molar-refractivity contribution is -0.144. The number of likely N-dealkylation sites (tertiary alicyclic amines) is 1. The summed E-state index contributed by atoms with van der Waals surface area (Å²) in [5.74, 6) is -17.7. The minimum absolute atomic E-state index is 0.0341. The number of unbranched alkanes of at least 4 members (excludes halogenated alkanes) is 2. The number of phenolic OH excluding ortho intramolecular Hbond substituents is 1. The molecule has 0 spiro atoms. The van der Waals surface area contributed by atoms with Gasteiger partial charge in [0.15, 0.2) is 0 Å².